The molecule has 0 fully saturated rings. The lowest BCUT2D eigenvalue weighted by atomic mass is 10.1. The number of anilines is 2. The van der Waals surface area contributed by atoms with E-state index in [0.717, 1.165) is 12.1 Å². The van der Waals surface area contributed by atoms with Crippen LogP contribution < -0.4 is 20.3 Å². The largest absolute Gasteiger partial charge is 0.454 e. The van der Waals surface area contributed by atoms with Crippen molar-refractivity contribution in [2.75, 3.05) is 12.1 Å². The molecule has 1 N–H and O–H groups in total. The first-order chi connectivity index (χ1) is 12.7. The topological polar surface area (TPSA) is 77.8 Å². The van der Waals surface area contributed by atoms with Crippen molar-refractivity contribution in [3.63, 3.8) is 0 Å². The zero-order valence-corrected chi connectivity index (χ0v) is 14.7. The van der Waals surface area contributed by atoms with Crippen LogP contribution in [0.25, 0.3) is 15.9 Å². The molecule has 0 saturated carbocycles. The molecule has 5 rings (SSSR count). The van der Waals surface area contributed by atoms with Crippen LogP contribution in [0, 0.1) is 0 Å². The molecule has 0 amide bonds. The Morgan fingerprint density at radius 3 is 2.73 bits per heavy atom. The summed E-state index contributed by atoms with van der Waals surface area (Å²) in [4.78, 5) is 17.9. The van der Waals surface area contributed by atoms with Crippen LogP contribution in [-0.4, -0.2) is 21.4 Å². The molecule has 2 aromatic heterocycles. The summed E-state index contributed by atoms with van der Waals surface area (Å²) in [6.45, 7) is 2.27. The van der Waals surface area contributed by atoms with Crippen LogP contribution in [0.3, 0.4) is 0 Å². The zero-order valence-electron chi connectivity index (χ0n) is 13.9. The predicted octanol–water partition coefficient (Wildman–Crippen LogP) is 3.34. The van der Waals surface area contributed by atoms with Crippen molar-refractivity contribution in [1.29, 1.82) is 0 Å². The fraction of sp³-hybridized carbons (Fsp3) is 0.167. The van der Waals surface area contributed by atoms with Crippen molar-refractivity contribution in [1.82, 2.24) is 14.6 Å². The highest BCUT2D eigenvalue weighted by molar-refractivity contribution is 7.20. The average Bonchev–Trinajstić information content (AvgIpc) is 3.27. The van der Waals surface area contributed by atoms with Crippen LogP contribution in [0.1, 0.15) is 12.5 Å². The van der Waals surface area contributed by atoms with Crippen molar-refractivity contribution in [3.8, 4) is 11.5 Å². The molecule has 26 heavy (non-hydrogen) atoms. The molecule has 4 aromatic rings. The standard InChI is InChI=1S/C18H14N4O3S/c1-2-10-3-5-11(6-4-10)19-17-21-22-16(23)12-7-14-15(25-9-24-14)8-13(12)20-18(22)26-17/h3-8H,2,9H2,1H3,(H,19,21). The third kappa shape index (κ3) is 2.38. The quantitative estimate of drug-likeness (QED) is 0.599. The highest BCUT2D eigenvalue weighted by Crippen LogP contribution is 2.35. The lowest BCUT2D eigenvalue weighted by Gasteiger charge is -2.02. The van der Waals surface area contributed by atoms with Gasteiger partial charge in [0, 0.05) is 11.8 Å². The van der Waals surface area contributed by atoms with E-state index in [0.29, 0.717) is 32.5 Å². The van der Waals surface area contributed by atoms with E-state index in [4.69, 9.17) is 9.47 Å². The maximum atomic E-state index is 12.8. The second-order valence-corrected chi connectivity index (χ2v) is 6.87. The van der Waals surface area contributed by atoms with E-state index < -0.39 is 0 Å². The summed E-state index contributed by atoms with van der Waals surface area (Å²) in [6, 6.07) is 11.5. The summed E-state index contributed by atoms with van der Waals surface area (Å²) >= 11 is 1.32. The van der Waals surface area contributed by atoms with Gasteiger partial charge in [-0.2, -0.15) is 4.52 Å². The molecule has 1 aliphatic heterocycles. The molecule has 3 heterocycles. The molecule has 0 spiro atoms. The van der Waals surface area contributed by atoms with Gasteiger partial charge in [0.05, 0.1) is 10.9 Å². The second kappa shape index (κ2) is 5.70. The minimum atomic E-state index is -0.228. The molecule has 0 radical (unpaired) electrons. The lowest BCUT2D eigenvalue weighted by Crippen LogP contribution is -2.15. The first-order valence-electron chi connectivity index (χ1n) is 8.20. The second-order valence-electron chi connectivity index (χ2n) is 5.92. The summed E-state index contributed by atoms with van der Waals surface area (Å²) in [5.74, 6) is 1.16. The molecule has 0 atom stereocenters. The maximum absolute atomic E-state index is 12.8. The molecule has 130 valence electrons. The zero-order chi connectivity index (χ0) is 17.7. The molecule has 0 unspecified atom stereocenters. The third-order valence-electron chi connectivity index (χ3n) is 4.30. The number of rotatable bonds is 3. The summed E-state index contributed by atoms with van der Waals surface area (Å²) in [6.07, 6.45) is 0.991. The Morgan fingerprint density at radius 1 is 1.19 bits per heavy atom. The highest BCUT2D eigenvalue weighted by atomic mass is 32.1. The van der Waals surface area contributed by atoms with E-state index in [-0.39, 0.29) is 12.4 Å². The molecule has 0 bridgehead atoms. The van der Waals surface area contributed by atoms with Crippen LogP contribution >= 0.6 is 11.3 Å². The van der Waals surface area contributed by atoms with Crippen LogP contribution in [0.5, 0.6) is 11.5 Å². The summed E-state index contributed by atoms with van der Waals surface area (Å²) in [5, 5.41) is 8.66. The first kappa shape index (κ1) is 15.2. The Labute approximate surface area is 151 Å². The van der Waals surface area contributed by atoms with Gasteiger partial charge in [-0.3, -0.25) is 4.79 Å². The average molecular weight is 366 g/mol. The minimum absolute atomic E-state index is 0.157. The number of hydrogen-bond donors (Lipinski definition) is 1. The fourth-order valence-corrected chi connectivity index (χ4v) is 3.71. The normalized spacial score (nSPS) is 12.8. The smallest absolute Gasteiger partial charge is 0.283 e. The van der Waals surface area contributed by atoms with Gasteiger partial charge in [0.15, 0.2) is 11.5 Å². The Morgan fingerprint density at radius 2 is 1.96 bits per heavy atom. The predicted molar refractivity (Wildman–Crippen MR) is 99.9 cm³/mol. The number of fused-ring (bicyclic) bond motifs is 3. The fourth-order valence-electron chi connectivity index (χ4n) is 2.90. The Kier molecular flexibility index (Phi) is 3.32. The van der Waals surface area contributed by atoms with Gasteiger partial charge in [0.25, 0.3) is 5.56 Å². The number of aryl methyl sites for hydroxylation is 1. The molecule has 0 saturated heterocycles. The highest BCUT2D eigenvalue weighted by Gasteiger charge is 2.18. The maximum Gasteiger partial charge on any atom is 0.283 e. The van der Waals surface area contributed by atoms with Crippen molar-refractivity contribution in [3.05, 3.63) is 52.3 Å². The van der Waals surface area contributed by atoms with Gasteiger partial charge in [-0.1, -0.05) is 30.4 Å². The molecule has 1 aliphatic rings. The lowest BCUT2D eigenvalue weighted by molar-refractivity contribution is 0.174. The third-order valence-corrected chi connectivity index (χ3v) is 5.13. The van der Waals surface area contributed by atoms with E-state index in [9.17, 15) is 4.79 Å². The van der Waals surface area contributed by atoms with Gasteiger partial charge in [-0.25, -0.2) is 4.98 Å². The Bertz CT molecular complexity index is 1200. The van der Waals surface area contributed by atoms with Gasteiger partial charge in [0.1, 0.15) is 0 Å². The van der Waals surface area contributed by atoms with E-state index >= 15 is 0 Å². The monoisotopic (exact) mass is 366 g/mol. The molecule has 8 heteroatoms. The molecule has 2 aromatic carbocycles. The molecule has 0 aliphatic carbocycles. The number of aromatic nitrogens is 3. The van der Waals surface area contributed by atoms with Gasteiger partial charge in [0.2, 0.25) is 16.9 Å². The van der Waals surface area contributed by atoms with Gasteiger partial charge in [-0.05, 0) is 30.2 Å². The van der Waals surface area contributed by atoms with Crippen LogP contribution in [0.2, 0.25) is 0 Å². The number of hydrogen-bond acceptors (Lipinski definition) is 7. The summed E-state index contributed by atoms with van der Waals surface area (Å²) < 4.78 is 12.0. The Balaban J connectivity index is 1.59. The minimum Gasteiger partial charge on any atom is -0.454 e. The summed E-state index contributed by atoms with van der Waals surface area (Å²) in [5.41, 5.74) is 2.52. The molecule has 7 nitrogen and oxygen atoms in total. The van der Waals surface area contributed by atoms with Crippen molar-refractivity contribution >= 4 is 38.0 Å². The van der Waals surface area contributed by atoms with Gasteiger partial charge < -0.3 is 14.8 Å². The first-order valence-corrected chi connectivity index (χ1v) is 9.02. The number of nitrogens with one attached hydrogen (secondary N) is 1. The van der Waals surface area contributed by atoms with Gasteiger partial charge in [-0.15, -0.1) is 5.10 Å². The van der Waals surface area contributed by atoms with E-state index in [2.05, 4.69) is 34.5 Å². The van der Waals surface area contributed by atoms with Crippen molar-refractivity contribution in [2.45, 2.75) is 13.3 Å². The summed E-state index contributed by atoms with van der Waals surface area (Å²) in [7, 11) is 0. The van der Waals surface area contributed by atoms with Crippen LogP contribution in [0.15, 0.2) is 41.2 Å². The number of ether oxygens (including phenoxy) is 2. The van der Waals surface area contributed by atoms with E-state index in [1.807, 2.05) is 12.1 Å². The van der Waals surface area contributed by atoms with Crippen molar-refractivity contribution in [2.24, 2.45) is 0 Å². The van der Waals surface area contributed by atoms with Crippen LogP contribution in [0.4, 0.5) is 10.8 Å². The van der Waals surface area contributed by atoms with Crippen molar-refractivity contribution < 1.29 is 9.47 Å². The molecular formula is C18H14N4O3S. The van der Waals surface area contributed by atoms with Crippen LogP contribution in [-0.2, 0) is 6.42 Å². The SMILES string of the molecule is CCc1ccc(Nc2nn3c(=O)c4cc5c(cc4nc3s2)OCO5)cc1. The Hall–Kier alpha value is -3.13. The number of benzene rings is 2. The van der Waals surface area contributed by atoms with E-state index in [1.54, 1.807) is 12.1 Å². The number of nitrogens with zero attached hydrogens (tertiary/aromatic N) is 3. The molecular weight excluding hydrogens is 352 g/mol. The van der Waals surface area contributed by atoms with Gasteiger partial charge >= 0.3 is 0 Å². The van der Waals surface area contributed by atoms with E-state index in [1.165, 1.54) is 21.4 Å².